The van der Waals surface area contributed by atoms with E-state index in [1.807, 2.05) is 42.8 Å². The molecule has 1 heterocycles. The average Bonchev–Trinajstić information content (AvgIpc) is 3.14. The second kappa shape index (κ2) is 7.09. The molecule has 132 valence electrons. The summed E-state index contributed by atoms with van der Waals surface area (Å²) in [7, 11) is 0. The summed E-state index contributed by atoms with van der Waals surface area (Å²) in [4.78, 5) is 23.5. The number of carbonyl (C=O) groups is 2. The van der Waals surface area contributed by atoms with E-state index in [1.165, 1.54) is 0 Å². The van der Waals surface area contributed by atoms with Gasteiger partial charge in [0.05, 0.1) is 18.2 Å². The number of nitrogens with one attached hydrogen (secondary N) is 1. The Morgan fingerprint density at radius 2 is 2.08 bits per heavy atom. The Kier molecular flexibility index (Phi) is 4.88. The van der Waals surface area contributed by atoms with Crippen LogP contribution in [0.4, 0.5) is 0 Å². The molecule has 0 radical (unpaired) electrons. The molecule has 0 saturated heterocycles. The standard InChI is InChI=1S/C19H23N3O3/c1-12-8-13(2)22(21-12)11-14-4-3-5-15(9-14)18(23)20-17-7-6-16(10-17)19(24)25/h3-5,8-9,16-17H,6-7,10-11H2,1-2H3,(H,20,23)(H,24,25)/t16-,17+/m1/s1. The van der Waals surface area contributed by atoms with Gasteiger partial charge in [-0.15, -0.1) is 0 Å². The van der Waals surface area contributed by atoms with Gasteiger partial charge in [0, 0.05) is 17.3 Å². The molecule has 1 saturated carbocycles. The fourth-order valence-electron chi connectivity index (χ4n) is 3.42. The number of carboxylic acids is 1. The molecule has 1 aliphatic carbocycles. The van der Waals surface area contributed by atoms with Crippen molar-refractivity contribution in [1.29, 1.82) is 0 Å². The Labute approximate surface area is 146 Å². The quantitative estimate of drug-likeness (QED) is 0.875. The van der Waals surface area contributed by atoms with Gasteiger partial charge in [-0.3, -0.25) is 14.3 Å². The van der Waals surface area contributed by atoms with E-state index in [-0.39, 0.29) is 17.9 Å². The summed E-state index contributed by atoms with van der Waals surface area (Å²) < 4.78 is 1.92. The molecule has 0 aliphatic heterocycles. The van der Waals surface area contributed by atoms with Crippen molar-refractivity contribution in [1.82, 2.24) is 15.1 Å². The second-order valence-electron chi connectivity index (χ2n) is 6.80. The first kappa shape index (κ1) is 17.2. The normalized spacial score (nSPS) is 19.8. The van der Waals surface area contributed by atoms with Crippen LogP contribution in [0.5, 0.6) is 0 Å². The molecule has 2 atom stereocenters. The fraction of sp³-hybridized carbons (Fsp3) is 0.421. The smallest absolute Gasteiger partial charge is 0.306 e. The zero-order valence-corrected chi connectivity index (χ0v) is 14.5. The number of amides is 1. The Bertz CT molecular complexity index is 797. The van der Waals surface area contributed by atoms with Gasteiger partial charge in [-0.2, -0.15) is 5.10 Å². The number of rotatable bonds is 5. The van der Waals surface area contributed by atoms with E-state index in [1.54, 1.807) is 6.07 Å². The average molecular weight is 341 g/mol. The molecule has 1 amide bonds. The highest BCUT2D eigenvalue weighted by Gasteiger charge is 2.30. The predicted octanol–water partition coefficient (Wildman–Crippen LogP) is 2.53. The molecule has 1 aromatic carbocycles. The van der Waals surface area contributed by atoms with E-state index < -0.39 is 5.97 Å². The van der Waals surface area contributed by atoms with Gasteiger partial charge in [0.15, 0.2) is 0 Å². The number of aromatic nitrogens is 2. The summed E-state index contributed by atoms with van der Waals surface area (Å²) in [6.45, 7) is 4.58. The lowest BCUT2D eigenvalue weighted by Crippen LogP contribution is -2.33. The number of hydrogen-bond donors (Lipinski definition) is 2. The Morgan fingerprint density at radius 1 is 1.28 bits per heavy atom. The van der Waals surface area contributed by atoms with E-state index in [2.05, 4.69) is 10.4 Å². The van der Waals surface area contributed by atoms with E-state index in [4.69, 9.17) is 5.11 Å². The van der Waals surface area contributed by atoms with Gasteiger partial charge >= 0.3 is 5.97 Å². The Morgan fingerprint density at radius 3 is 2.72 bits per heavy atom. The Hall–Kier alpha value is -2.63. The van der Waals surface area contributed by atoms with Gasteiger partial charge in [-0.1, -0.05) is 12.1 Å². The number of benzene rings is 1. The van der Waals surface area contributed by atoms with Crippen LogP contribution in [0.2, 0.25) is 0 Å². The third-order valence-electron chi connectivity index (χ3n) is 4.74. The maximum Gasteiger partial charge on any atom is 0.306 e. The minimum atomic E-state index is -0.774. The summed E-state index contributed by atoms with van der Waals surface area (Å²) in [5.41, 5.74) is 3.66. The molecular formula is C19H23N3O3. The number of carboxylic acid groups (broad SMARTS) is 1. The van der Waals surface area contributed by atoms with Crippen LogP contribution in [0, 0.1) is 19.8 Å². The van der Waals surface area contributed by atoms with Crippen molar-refractivity contribution in [2.24, 2.45) is 5.92 Å². The number of hydrogen-bond acceptors (Lipinski definition) is 3. The van der Waals surface area contributed by atoms with Crippen molar-refractivity contribution >= 4 is 11.9 Å². The monoisotopic (exact) mass is 341 g/mol. The fourth-order valence-corrected chi connectivity index (χ4v) is 3.42. The molecule has 3 rings (SSSR count). The SMILES string of the molecule is Cc1cc(C)n(Cc2cccc(C(=O)N[C@H]3CC[C@@H](C(=O)O)C3)c2)n1. The summed E-state index contributed by atoms with van der Waals surface area (Å²) in [6.07, 6.45) is 1.85. The van der Waals surface area contributed by atoms with Crippen LogP contribution in [0.15, 0.2) is 30.3 Å². The summed E-state index contributed by atoms with van der Waals surface area (Å²) in [5.74, 6) is -1.27. The van der Waals surface area contributed by atoms with Gasteiger partial charge in [0.2, 0.25) is 0 Å². The maximum absolute atomic E-state index is 12.5. The topological polar surface area (TPSA) is 84.2 Å². The molecular weight excluding hydrogens is 318 g/mol. The third kappa shape index (κ3) is 4.07. The minimum Gasteiger partial charge on any atom is -0.481 e. The lowest BCUT2D eigenvalue weighted by molar-refractivity contribution is -0.141. The number of carbonyl (C=O) groups excluding carboxylic acids is 1. The van der Waals surface area contributed by atoms with Crippen molar-refractivity contribution < 1.29 is 14.7 Å². The number of nitrogens with zero attached hydrogens (tertiary/aromatic N) is 2. The highest BCUT2D eigenvalue weighted by molar-refractivity contribution is 5.94. The van der Waals surface area contributed by atoms with Gasteiger partial charge in [-0.25, -0.2) is 0 Å². The van der Waals surface area contributed by atoms with Gasteiger partial charge in [-0.05, 0) is 56.9 Å². The van der Waals surface area contributed by atoms with Crippen LogP contribution in [0.3, 0.4) is 0 Å². The highest BCUT2D eigenvalue weighted by atomic mass is 16.4. The molecule has 6 nitrogen and oxygen atoms in total. The minimum absolute atomic E-state index is 0.0618. The van der Waals surface area contributed by atoms with Gasteiger partial charge < -0.3 is 10.4 Å². The first-order chi connectivity index (χ1) is 11.9. The van der Waals surface area contributed by atoms with Gasteiger partial charge in [0.25, 0.3) is 5.91 Å². The molecule has 1 aromatic heterocycles. The molecule has 0 bridgehead atoms. The zero-order valence-electron chi connectivity index (χ0n) is 14.5. The molecule has 0 unspecified atom stereocenters. The van der Waals surface area contributed by atoms with Crippen molar-refractivity contribution in [3.8, 4) is 0 Å². The number of aryl methyl sites for hydroxylation is 2. The largest absolute Gasteiger partial charge is 0.481 e. The lowest BCUT2D eigenvalue weighted by Gasteiger charge is -2.13. The number of aliphatic carboxylic acids is 1. The molecule has 2 N–H and O–H groups in total. The highest BCUT2D eigenvalue weighted by Crippen LogP contribution is 2.26. The van der Waals surface area contributed by atoms with Crippen molar-refractivity contribution in [2.75, 3.05) is 0 Å². The summed E-state index contributed by atoms with van der Waals surface area (Å²) >= 11 is 0. The van der Waals surface area contributed by atoms with Crippen LogP contribution in [-0.4, -0.2) is 32.8 Å². The van der Waals surface area contributed by atoms with Crippen molar-refractivity contribution in [3.05, 3.63) is 52.8 Å². The maximum atomic E-state index is 12.5. The molecule has 2 aromatic rings. The van der Waals surface area contributed by atoms with Crippen LogP contribution < -0.4 is 5.32 Å². The van der Waals surface area contributed by atoms with Gasteiger partial charge in [0.1, 0.15) is 0 Å². The molecule has 25 heavy (non-hydrogen) atoms. The van der Waals surface area contributed by atoms with Crippen LogP contribution in [0.25, 0.3) is 0 Å². The van der Waals surface area contributed by atoms with E-state index in [9.17, 15) is 9.59 Å². The molecule has 6 heteroatoms. The first-order valence-corrected chi connectivity index (χ1v) is 8.56. The Balaban J connectivity index is 1.66. The van der Waals surface area contributed by atoms with E-state index >= 15 is 0 Å². The van der Waals surface area contributed by atoms with E-state index in [0.717, 1.165) is 17.0 Å². The van der Waals surface area contributed by atoms with Crippen molar-refractivity contribution in [3.63, 3.8) is 0 Å². The molecule has 0 spiro atoms. The molecule has 1 aliphatic rings. The second-order valence-corrected chi connectivity index (χ2v) is 6.80. The first-order valence-electron chi connectivity index (χ1n) is 8.56. The van der Waals surface area contributed by atoms with Crippen LogP contribution in [-0.2, 0) is 11.3 Å². The van der Waals surface area contributed by atoms with E-state index in [0.29, 0.717) is 31.4 Å². The lowest BCUT2D eigenvalue weighted by atomic mass is 10.1. The third-order valence-corrected chi connectivity index (χ3v) is 4.74. The van der Waals surface area contributed by atoms with Crippen LogP contribution >= 0.6 is 0 Å². The summed E-state index contributed by atoms with van der Waals surface area (Å²) in [6, 6.07) is 9.45. The van der Waals surface area contributed by atoms with Crippen molar-refractivity contribution in [2.45, 2.75) is 45.7 Å². The zero-order chi connectivity index (χ0) is 18.0. The van der Waals surface area contributed by atoms with Crippen LogP contribution in [0.1, 0.15) is 46.6 Å². The molecule has 1 fully saturated rings. The summed E-state index contributed by atoms with van der Waals surface area (Å²) in [5, 5.41) is 16.5. The predicted molar refractivity (Wildman–Crippen MR) is 93.5 cm³/mol.